The van der Waals surface area contributed by atoms with Gasteiger partial charge in [-0.2, -0.15) is 13.2 Å². The molecule has 0 saturated carbocycles. The van der Waals surface area contributed by atoms with Crippen LogP contribution in [0.4, 0.5) is 24.5 Å². The number of benzene rings is 2. The van der Waals surface area contributed by atoms with Crippen LogP contribution >= 0.6 is 0 Å². The molecule has 1 aromatic heterocycles. The van der Waals surface area contributed by atoms with Gasteiger partial charge in [0.1, 0.15) is 18.1 Å². The lowest BCUT2D eigenvalue weighted by Crippen LogP contribution is -2.39. The van der Waals surface area contributed by atoms with Gasteiger partial charge in [0.25, 0.3) is 0 Å². The van der Waals surface area contributed by atoms with Crippen molar-refractivity contribution in [3.63, 3.8) is 0 Å². The third-order valence-corrected chi connectivity index (χ3v) is 5.16. The van der Waals surface area contributed by atoms with E-state index >= 15 is 0 Å². The average molecular weight is 457 g/mol. The number of pyridine rings is 1. The summed E-state index contributed by atoms with van der Waals surface area (Å²) in [7, 11) is 0. The van der Waals surface area contributed by atoms with E-state index in [0.717, 1.165) is 11.3 Å². The number of nitrogens with one attached hydrogen (secondary N) is 1. The number of nitrogens with zero attached hydrogens (tertiary/aromatic N) is 2. The van der Waals surface area contributed by atoms with Crippen LogP contribution in [0.3, 0.4) is 0 Å². The number of aromatic nitrogens is 1. The van der Waals surface area contributed by atoms with E-state index in [-0.39, 0.29) is 11.4 Å². The van der Waals surface area contributed by atoms with Crippen LogP contribution in [0, 0.1) is 6.92 Å². The standard InChI is InChI=1S/C23H22F3N5O2/c1-14-8-15(5-6-20(14)32-11-16-4-2-3-7-29-16)23(28)17-9-18(27)21(33-12-22(24,25)26)10-19(17)30-13-31-23/h2-10,13H,11-12,27-28H2,1H3,(H,30,31). The van der Waals surface area contributed by atoms with Gasteiger partial charge in [-0.25, -0.2) is 4.99 Å². The van der Waals surface area contributed by atoms with Crippen LogP contribution in [0.5, 0.6) is 11.5 Å². The van der Waals surface area contributed by atoms with E-state index in [1.54, 1.807) is 18.3 Å². The maximum atomic E-state index is 12.5. The lowest BCUT2D eigenvalue weighted by atomic mass is 9.88. The molecule has 2 heterocycles. The molecule has 5 N–H and O–H groups in total. The van der Waals surface area contributed by atoms with Crippen LogP contribution in [-0.2, 0) is 12.3 Å². The molecule has 0 bridgehead atoms. The molecular formula is C23H22F3N5O2. The maximum Gasteiger partial charge on any atom is 0.422 e. The van der Waals surface area contributed by atoms with Gasteiger partial charge in [0.2, 0.25) is 0 Å². The second-order valence-corrected chi connectivity index (χ2v) is 7.60. The quantitative estimate of drug-likeness (QED) is 0.481. The number of nitrogen functional groups attached to an aromatic ring is 1. The summed E-state index contributed by atoms with van der Waals surface area (Å²) in [5.41, 5.74) is 14.6. The van der Waals surface area contributed by atoms with Gasteiger partial charge in [-0.05, 0) is 48.4 Å². The minimum atomic E-state index is -4.48. The molecule has 1 aliphatic rings. The number of rotatable bonds is 6. The van der Waals surface area contributed by atoms with Crippen LogP contribution in [0.25, 0.3) is 0 Å². The molecule has 0 aliphatic carbocycles. The molecular weight excluding hydrogens is 435 g/mol. The second kappa shape index (κ2) is 8.62. The topological polar surface area (TPSA) is 108 Å². The van der Waals surface area contributed by atoms with Crippen LogP contribution in [-0.4, -0.2) is 24.1 Å². The average Bonchev–Trinajstić information content (AvgIpc) is 2.78. The minimum Gasteiger partial charge on any atom is -0.487 e. The van der Waals surface area contributed by atoms with Gasteiger partial charge in [0.15, 0.2) is 12.3 Å². The van der Waals surface area contributed by atoms with E-state index in [2.05, 4.69) is 15.3 Å². The van der Waals surface area contributed by atoms with Gasteiger partial charge >= 0.3 is 6.18 Å². The van der Waals surface area contributed by atoms with E-state index in [0.29, 0.717) is 29.2 Å². The van der Waals surface area contributed by atoms with Gasteiger partial charge in [0, 0.05) is 17.8 Å². The number of hydrogen-bond acceptors (Lipinski definition) is 7. The van der Waals surface area contributed by atoms with Crippen molar-refractivity contribution in [3.05, 3.63) is 77.1 Å². The Kier molecular flexibility index (Phi) is 5.86. The van der Waals surface area contributed by atoms with Gasteiger partial charge in [-0.15, -0.1) is 0 Å². The zero-order chi connectivity index (χ0) is 23.6. The van der Waals surface area contributed by atoms with Crippen molar-refractivity contribution in [2.24, 2.45) is 10.7 Å². The third kappa shape index (κ3) is 4.85. The van der Waals surface area contributed by atoms with Crippen molar-refractivity contribution in [1.29, 1.82) is 0 Å². The molecule has 1 aliphatic heterocycles. The van der Waals surface area contributed by atoms with Crippen molar-refractivity contribution in [1.82, 2.24) is 4.98 Å². The Morgan fingerprint density at radius 2 is 1.88 bits per heavy atom. The maximum absolute atomic E-state index is 12.5. The van der Waals surface area contributed by atoms with Gasteiger partial charge in [-0.3, -0.25) is 10.7 Å². The Bertz CT molecular complexity index is 1180. The fourth-order valence-electron chi connectivity index (χ4n) is 3.50. The van der Waals surface area contributed by atoms with E-state index in [9.17, 15) is 13.2 Å². The number of nitrogens with two attached hydrogens (primary N) is 2. The molecule has 0 saturated heterocycles. The molecule has 7 nitrogen and oxygen atoms in total. The van der Waals surface area contributed by atoms with Crippen LogP contribution in [0.15, 0.2) is 59.7 Å². The summed E-state index contributed by atoms with van der Waals surface area (Å²) in [6.07, 6.45) is -1.38. The number of halogens is 3. The lowest BCUT2D eigenvalue weighted by molar-refractivity contribution is -0.153. The SMILES string of the molecule is Cc1cc(C2(N)N=CNc3cc(OCC(F)(F)F)c(N)cc32)ccc1OCc1ccccn1. The molecule has 10 heteroatoms. The fourth-order valence-corrected chi connectivity index (χ4v) is 3.50. The number of anilines is 2. The number of aliphatic imine (C=N–C) groups is 1. The Morgan fingerprint density at radius 1 is 1.06 bits per heavy atom. The van der Waals surface area contributed by atoms with Crippen molar-refractivity contribution in [2.45, 2.75) is 25.4 Å². The Hall–Kier alpha value is -3.79. The summed E-state index contributed by atoms with van der Waals surface area (Å²) in [5.74, 6) is 0.576. The summed E-state index contributed by atoms with van der Waals surface area (Å²) in [6, 6.07) is 13.9. The molecule has 0 radical (unpaired) electrons. The molecule has 1 unspecified atom stereocenters. The monoisotopic (exact) mass is 457 g/mol. The zero-order valence-electron chi connectivity index (χ0n) is 17.7. The molecule has 33 heavy (non-hydrogen) atoms. The second-order valence-electron chi connectivity index (χ2n) is 7.60. The van der Waals surface area contributed by atoms with Gasteiger partial charge < -0.3 is 20.5 Å². The Morgan fingerprint density at radius 3 is 2.58 bits per heavy atom. The zero-order valence-corrected chi connectivity index (χ0v) is 17.7. The number of alkyl halides is 3. The summed E-state index contributed by atoms with van der Waals surface area (Å²) in [6.45, 7) is 0.753. The molecule has 0 fully saturated rings. The molecule has 4 rings (SSSR count). The van der Waals surface area contributed by atoms with Crippen LogP contribution < -0.4 is 26.3 Å². The fraction of sp³-hybridized carbons (Fsp3) is 0.217. The molecule has 3 aromatic rings. The number of hydrogen-bond donors (Lipinski definition) is 3. The summed E-state index contributed by atoms with van der Waals surface area (Å²) < 4.78 is 48.3. The summed E-state index contributed by atoms with van der Waals surface area (Å²) >= 11 is 0. The molecule has 172 valence electrons. The van der Waals surface area contributed by atoms with Crippen molar-refractivity contribution in [3.8, 4) is 11.5 Å². The number of ether oxygens (including phenoxy) is 2. The molecule has 1 atom stereocenters. The largest absolute Gasteiger partial charge is 0.487 e. The first kappa shape index (κ1) is 22.4. The highest BCUT2D eigenvalue weighted by Crippen LogP contribution is 2.41. The van der Waals surface area contributed by atoms with Crippen LogP contribution in [0.2, 0.25) is 0 Å². The smallest absolute Gasteiger partial charge is 0.422 e. The van der Waals surface area contributed by atoms with Crippen molar-refractivity contribution >= 4 is 17.7 Å². The molecule has 2 aromatic carbocycles. The van der Waals surface area contributed by atoms with Crippen molar-refractivity contribution < 1.29 is 22.6 Å². The van der Waals surface area contributed by atoms with E-state index < -0.39 is 18.4 Å². The first-order valence-electron chi connectivity index (χ1n) is 10.0. The first-order chi connectivity index (χ1) is 15.7. The first-order valence-corrected chi connectivity index (χ1v) is 10.0. The highest BCUT2D eigenvalue weighted by molar-refractivity contribution is 5.84. The third-order valence-electron chi connectivity index (χ3n) is 5.16. The minimum absolute atomic E-state index is 0.0266. The lowest BCUT2D eigenvalue weighted by Gasteiger charge is -2.32. The van der Waals surface area contributed by atoms with E-state index in [4.69, 9.17) is 20.9 Å². The van der Waals surface area contributed by atoms with E-state index in [1.807, 2.05) is 31.2 Å². The summed E-state index contributed by atoms with van der Waals surface area (Å²) in [5, 5.41) is 2.90. The van der Waals surface area contributed by atoms with Gasteiger partial charge in [-0.1, -0.05) is 12.1 Å². The predicted molar refractivity (Wildman–Crippen MR) is 119 cm³/mol. The predicted octanol–water partition coefficient (Wildman–Crippen LogP) is 4.11. The number of fused-ring (bicyclic) bond motifs is 1. The number of aryl methyl sites for hydroxylation is 1. The van der Waals surface area contributed by atoms with Crippen molar-refractivity contribution in [2.75, 3.05) is 17.7 Å². The highest BCUT2D eigenvalue weighted by atomic mass is 19.4. The highest BCUT2D eigenvalue weighted by Gasteiger charge is 2.35. The normalized spacial score (nSPS) is 17.2. The summed E-state index contributed by atoms with van der Waals surface area (Å²) in [4.78, 5) is 8.64. The van der Waals surface area contributed by atoms with Crippen LogP contribution in [0.1, 0.15) is 22.4 Å². The molecule has 0 spiro atoms. The Labute approximate surface area is 188 Å². The van der Waals surface area contributed by atoms with Gasteiger partial charge in [0.05, 0.1) is 23.4 Å². The molecule has 0 amide bonds. The Balaban J connectivity index is 1.60. The van der Waals surface area contributed by atoms with E-state index in [1.165, 1.54) is 18.5 Å².